The zero-order valence-corrected chi connectivity index (χ0v) is 12.0. The van der Waals surface area contributed by atoms with Crippen molar-refractivity contribution in [1.82, 2.24) is 15.0 Å². The van der Waals surface area contributed by atoms with Gasteiger partial charge in [0.1, 0.15) is 5.69 Å². The maximum atomic E-state index is 5.45. The van der Waals surface area contributed by atoms with Crippen LogP contribution in [0.2, 0.25) is 0 Å². The molecule has 0 bridgehead atoms. The summed E-state index contributed by atoms with van der Waals surface area (Å²) in [4.78, 5) is 0. The van der Waals surface area contributed by atoms with Crippen LogP contribution in [-0.2, 0) is 27.4 Å². The van der Waals surface area contributed by atoms with E-state index < -0.39 is 0 Å². The fourth-order valence-electron chi connectivity index (χ4n) is 1.46. The summed E-state index contributed by atoms with van der Waals surface area (Å²) in [5, 5.41) is 8.06. The Labute approximate surface area is 115 Å². The summed E-state index contributed by atoms with van der Waals surface area (Å²) in [6.45, 7) is 8.86. The topological polar surface area (TPSA) is 58.4 Å². The summed E-state index contributed by atoms with van der Waals surface area (Å²) < 4.78 is 17.9. The second-order valence-corrected chi connectivity index (χ2v) is 4.25. The summed E-state index contributed by atoms with van der Waals surface area (Å²) in [5.41, 5.74) is 0.839. The highest BCUT2D eigenvalue weighted by Gasteiger charge is 2.00. The maximum Gasteiger partial charge on any atom is 0.108 e. The molecule has 0 N–H and O–H groups in total. The molecule has 0 aromatic carbocycles. The molecule has 0 radical (unpaired) electrons. The van der Waals surface area contributed by atoms with Crippen molar-refractivity contribution in [3.63, 3.8) is 0 Å². The molecular weight excluding hydrogens is 246 g/mol. The van der Waals surface area contributed by atoms with Gasteiger partial charge in [0.15, 0.2) is 0 Å². The van der Waals surface area contributed by atoms with Crippen molar-refractivity contribution in [3.05, 3.63) is 11.9 Å². The van der Waals surface area contributed by atoms with E-state index in [1.807, 2.05) is 6.20 Å². The van der Waals surface area contributed by atoms with Gasteiger partial charge in [-0.1, -0.05) is 19.1 Å². The molecule has 0 saturated carbocycles. The lowest BCUT2D eigenvalue weighted by Crippen LogP contribution is -2.07. The van der Waals surface area contributed by atoms with Crippen LogP contribution in [0.4, 0.5) is 0 Å². The smallest absolute Gasteiger partial charge is 0.108 e. The molecule has 0 saturated heterocycles. The van der Waals surface area contributed by atoms with E-state index in [-0.39, 0.29) is 0 Å². The molecule has 19 heavy (non-hydrogen) atoms. The number of hydrogen-bond acceptors (Lipinski definition) is 5. The molecule has 1 aromatic rings. The Kier molecular flexibility index (Phi) is 9.22. The van der Waals surface area contributed by atoms with E-state index >= 15 is 0 Å². The largest absolute Gasteiger partial charge is 0.380 e. The van der Waals surface area contributed by atoms with Crippen LogP contribution >= 0.6 is 0 Å². The second kappa shape index (κ2) is 10.9. The first-order chi connectivity index (χ1) is 9.36. The van der Waals surface area contributed by atoms with Gasteiger partial charge >= 0.3 is 0 Å². The van der Waals surface area contributed by atoms with Gasteiger partial charge in [0.05, 0.1) is 39.2 Å². The van der Waals surface area contributed by atoms with Gasteiger partial charge in [-0.15, -0.1) is 5.10 Å². The lowest BCUT2D eigenvalue weighted by molar-refractivity contribution is 0.0397. The summed E-state index contributed by atoms with van der Waals surface area (Å²) >= 11 is 0. The van der Waals surface area contributed by atoms with Gasteiger partial charge in [0, 0.05) is 13.2 Å². The van der Waals surface area contributed by atoms with E-state index in [1.54, 1.807) is 4.68 Å². The minimum absolute atomic E-state index is 0.477. The predicted octanol–water partition coefficient (Wildman–Crippen LogP) is 1.65. The highest BCUT2D eigenvalue weighted by Crippen LogP contribution is 1.96. The zero-order chi connectivity index (χ0) is 13.8. The fraction of sp³-hybridized carbons (Fsp3) is 0.846. The normalized spacial score (nSPS) is 11.1. The van der Waals surface area contributed by atoms with E-state index in [1.165, 1.54) is 0 Å². The first-order valence-corrected chi connectivity index (χ1v) is 6.99. The molecule has 1 rings (SSSR count). The fourth-order valence-corrected chi connectivity index (χ4v) is 1.46. The number of aromatic nitrogens is 3. The summed E-state index contributed by atoms with van der Waals surface area (Å²) in [6, 6.07) is 0. The van der Waals surface area contributed by atoms with Crippen molar-refractivity contribution in [2.24, 2.45) is 0 Å². The van der Waals surface area contributed by atoms with Crippen LogP contribution in [0.15, 0.2) is 6.20 Å². The van der Waals surface area contributed by atoms with Crippen LogP contribution in [-0.4, -0.2) is 48.0 Å². The monoisotopic (exact) mass is 271 g/mol. The molecule has 0 atom stereocenters. The van der Waals surface area contributed by atoms with Crippen LogP contribution in [0.5, 0.6) is 0 Å². The van der Waals surface area contributed by atoms with Gasteiger partial charge in [-0.25, -0.2) is 4.68 Å². The second-order valence-electron chi connectivity index (χ2n) is 4.25. The van der Waals surface area contributed by atoms with E-state index in [9.17, 15) is 0 Å². The Hall–Kier alpha value is -0.980. The Morgan fingerprint density at radius 1 is 0.947 bits per heavy atom. The van der Waals surface area contributed by atoms with Crippen molar-refractivity contribution >= 4 is 0 Å². The van der Waals surface area contributed by atoms with E-state index in [0.29, 0.717) is 26.4 Å². The Morgan fingerprint density at radius 3 is 2.37 bits per heavy atom. The van der Waals surface area contributed by atoms with Gasteiger partial charge in [-0.05, 0) is 12.8 Å². The molecule has 6 heteroatoms. The van der Waals surface area contributed by atoms with Crippen molar-refractivity contribution in [1.29, 1.82) is 0 Å². The average molecular weight is 271 g/mol. The Bertz CT molecular complexity index is 318. The molecule has 1 aromatic heterocycles. The third kappa shape index (κ3) is 7.92. The standard InChI is InChI=1S/C13H25N3O3/c1-3-6-17-8-5-16-11-13(14-15-16)12-19-10-9-18-7-4-2/h11H,3-10,12H2,1-2H3. The van der Waals surface area contributed by atoms with Gasteiger partial charge < -0.3 is 14.2 Å². The summed E-state index contributed by atoms with van der Waals surface area (Å²) in [5.74, 6) is 0. The van der Waals surface area contributed by atoms with Gasteiger partial charge in [-0.3, -0.25) is 0 Å². The quantitative estimate of drug-likeness (QED) is 0.541. The molecule has 110 valence electrons. The summed E-state index contributed by atoms with van der Waals surface area (Å²) in [7, 11) is 0. The molecule has 0 unspecified atom stereocenters. The number of nitrogens with zero attached hydrogens (tertiary/aromatic N) is 3. The zero-order valence-electron chi connectivity index (χ0n) is 12.0. The highest BCUT2D eigenvalue weighted by molar-refractivity contribution is 4.89. The van der Waals surface area contributed by atoms with Crippen LogP contribution in [0, 0.1) is 0 Å². The Morgan fingerprint density at radius 2 is 1.63 bits per heavy atom. The van der Waals surface area contributed by atoms with Crippen LogP contribution in [0.25, 0.3) is 0 Å². The van der Waals surface area contributed by atoms with Crippen molar-refractivity contribution in [3.8, 4) is 0 Å². The lowest BCUT2D eigenvalue weighted by Gasteiger charge is -2.03. The lowest BCUT2D eigenvalue weighted by atomic mass is 10.5. The summed E-state index contributed by atoms with van der Waals surface area (Å²) in [6.07, 6.45) is 3.97. The SMILES string of the molecule is CCCOCCOCc1cn(CCOCCC)nn1. The molecule has 0 fully saturated rings. The van der Waals surface area contributed by atoms with Crippen molar-refractivity contribution in [2.45, 2.75) is 39.8 Å². The Balaban J connectivity index is 2.06. The van der Waals surface area contributed by atoms with Crippen molar-refractivity contribution in [2.75, 3.05) is 33.0 Å². The molecule has 0 aliphatic rings. The van der Waals surface area contributed by atoms with Gasteiger partial charge in [0.25, 0.3) is 0 Å². The molecule has 6 nitrogen and oxygen atoms in total. The van der Waals surface area contributed by atoms with Crippen LogP contribution in [0.1, 0.15) is 32.4 Å². The highest BCUT2D eigenvalue weighted by atomic mass is 16.5. The third-order valence-corrected chi connectivity index (χ3v) is 2.37. The molecule has 0 aliphatic heterocycles. The molecular formula is C13H25N3O3. The molecule has 0 spiro atoms. The minimum atomic E-state index is 0.477. The minimum Gasteiger partial charge on any atom is -0.380 e. The van der Waals surface area contributed by atoms with Gasteiger partial charge in [-0.2, -0.15) is 0 Å². The number of rotatable bonds is 12. The van der Waals surface area contributed by atoms with Gasteiger partial charge in [0.2, 0.25) is 0 Å². The molecule has 1 heterocycles. The van der Waals surface area contributed by atoms with E-state index in [4.69, 9.17) is 14.2 Å². The average Bonchev–Trinajstić information content (AvgIpc) is 2.87. The first kappa shape index (κ1) is 16.1. The third-order valence-electron chi connectivity index (χ3n) is 2.37. The maximum absolute atomic E-state index is 5.45. The van der Waals surface area contributed by atoms with Crippen molar-refractivity contribution < 1.29 is 14.2 Å². The molecule has 0 aliphatic carbocycles. The van der Waals surface area contributed by atoms with Crippen LogP contribution < -0.4 is 0 Å². The van der Waals surface area contributed by atoms with E-state index in [2.05, 4.69) is 24.2 Å². The number of hydrogen-bond donors (Lipinski definition) is 0. The van der Waals surface area contributed by atoms with E-state index in [0.717, 1.165) is 38.3 Å². The predicted molar refractivity (Wildman–Crippen MR) is 71.9 cm³/mol. The van der Waals surface area contributed by atoms with Crippen LogP contribution in [0.3, 0.4) is 0 Å². The molecule has 0 amide bonds. The number of ether oxygens (including phenoxy) is 3. The first-order valence-electron chi connectivity index (χ1n) is 6.99.